The minimum atomic E-state index is -4.52. The Morgan fingerprint density at radius 2 is 1.65 bits per heavy atom. The normalized spacial score (nSPS) is 18.9. The van der Waals surface area contributed by atoms with Crippen molar-refractivity contribution in [1.29, 1.82) is 0 Å². The van der Waals surface area contributed by atoms with Gasteiger partial charge in [-0.1, -0.05) is 18.6 Å². The van der Waals surface area contributed by atoms with Gasteiger partial charge in [-0.3, -0.25) is 4.90 Å². The zero-order valence-electron chi connectivity index (χ0n) is 27.2. The molecule has 7 nitrogen and oxygen atoms in total. The number of pyridine rings is 1. The molecule has 3 aliphatic heterocycles. The van der Waals surface area contributed by atoms with Gasteiger partial charge in [0.25, 0.3) is 0 Å². The molecule has 0 saturated carbocycles. The predicted octanol–water partition coefficient (Wildman–Crippen LogP) is 7.54. The van der Waals surface area contributed by atoms with Gasteiger partial charge in [0.1, 0.15) is 5.75 Å². The first-order valence-electron chi connectivity index (χ1n) is 16.8. The van der Waals surface area contributed by atoms with Crippen molar-refractivity contribution in [2.24, 2.45) is 0 Å². The molecular weight excluding hydrogens is 593 g/mol. The maximum atomic E-state index is 13.9. The number of rotatable bonds is 8. The number of methoxy groups -OCH3 is 1. The summed E-state index contributed by atoms with van der Waals surface area (Å²) in [6.45, 7) is 10.0. The second-order valence-corrected chi connectivity index (χ2v) is 13.2. The second-order valence-electron chi connectivity index (χ2n) is 13.2. The zero-order chi connectivity index (χ0) is 32.4. The van der Waals surface area contributed by atoms with Crippen LogP contribution < -0.4 is 9.64 Å². The lowest BCUT2D eigenvalue weighted by molar-refractivity contribution is -0.137. The van der Waals surface area contributed by atoms with E-state index in [0.29, 0.717) is 51.6 Å². The molecule has 2 aromatic carbocycles. The van der Waals surface area contributed by atoms with Gasteiger partial charge in [-0.15, -0.1) is 0 Å². The van der Waals surface area contributed by atoms with Gasteiger partial charge in [0, 0.05) is 48.3 Å². The average Bonchev–Trinajstić information content (AvgIpc) is 3.59. The number of halogens is 3. The lowest BCUT2D eigenvalue weighted by Crippen LogP contribution is -2.46. The second kappa shape index (κ2) is 13.8. The summed E-state index contributed by atoms with van der Waals surface area (Å²) < 4.78 is 53.3. The molecule has 0 spiro atoms. The number of likely N-dealkylation sites (tertiary alicyclic amines) is 2. The highest BCUT2D eigenvalue weighted by atomic mass is 19.4. The van der Waals surface area contributed by atoms with Crippen molar-refractivity contribution in [1.82, 2.24) is 14.8 Å². The number of nitrogens with zero attached hydrogens (tertiary/aromatic N) is 4. The Bertz CT molecular complexity index is 1540. The first kappa shape index (κ1) is 32.6. The van der Waals surface area contributed by atoms with E-state index in [1.807, 2.05) is 26.0 Å². The number of carbonyl (C=O) groups excluding carboxylic acids is 1. The van der Waals surface area contributed by atoms with Crippen LogP contribution in [-0.2, 0) is 17.5 Å². The summed E-state index contributed by atoms with van der Waals surface area (Å²) in [4.78, 5) is 26.0. The molecule has 3 aliphatic rings. The smallest absolute Gasteiger partial charge is 0.416 e. The van der Waals surface area contributed by atoms with Gasteiger partial charge in [0.2, 0.25) is 0 Å². The standard InChI is InChI=1S/C36H45F3N4O3/c1-24(2)46-32-22-30-28(21-31(32)43-16-7-8-17-43)33(35(44)45-3)29(34(40-30)25-10-9-11-26(20-25)36(37,38)39)23-41-18-12-27(13-19-41)42-14-5-4-6-15-42/h9-11,20-22,24,27H,4-8,12-19,23H2,1-3H3. The predicted molar refractivity (Wildman–Crippen MR) is 174 cm³/mol. The average molecular weight is 639 g/mol. The summed E-state index contributed by atoms with van der Waals surface area (Å²) in [5, 5.41) is 0.624. The first-order chi connectivity index (χ1) is 22.1. The molecule has 10 heteroatoms. The van der Waals surface area contributed by atoms with Crippen LogP contribution in [0.25, 0.3) is 22.2 Å². The van der Waals surface area contributed by atoms with Gasteiger partial charge >= 0.3 is 12.1 Å². The summed E-state index contributed by atoms with van der Waals surface area (Å²) in [7, 11) is 1.35. The molecule has 0 atom stereocenters. The maximum absolute atomic E-state index is 13.9. The Morgan fingerprint density at radius 3 is 2.30 bits per heavy atom. The molecule has 6 rings (SSSR count). The number of hydrogen-bond acceptors (Lipinski definition) is 7. The molecular formula is C36H45F3N4O3. The molecule has 4 heterocycles. The van der Waals surface area contributed by atoms with E-state index in [1.165, 1.54) is 32.4 Å². The monoisotopic (exact) mass is 638 g/mol. The summed E-state index contributed by atoms with van der Waals surface area (Å²) in [6.07, 6.45) is 3.33. The Labute approximate surface area is 269 Å². The van der Waals surface area contributed by atoms with E-state index in [4.69, 9.17) is 14.5 Å². The number of ether oxygens (including phenoxy) is 2. The van der Waals surface area contributed by atoms with Gasteiger partial charge in [-0.2, -0.15) is 13.2 Å². The van der Waals surface area contributed by atoms with Crippen LogP contribution in [-0.4, -0.2) is 79.3 Å². The summed E-state index contributed by atoms with van der Waals surface area (Å²) in [5.74, 6) is 0.124. The van der Waals surface area contributed by atoms with Crippen molar-refractivity contribution in [3.8, 4) is 17.0 Å². The summed E-state index contributed by atoms with van der Waals surface area (Å²) in [5.41, 5.74) is 2.25. The quantitative estimate of drug-likeness (QED) is 0.236. The van der Waals surface area contributed by atoms with Crippen LogP contribution in [0, 0.1) is 0 Å². The highest BCUT2D eigenvalue weighted by molar-refractivity contribution is 6.08. The van der Waals surface area contributed by atoms with Gasteiger partial charge in [-0.25, -0.2) is 9.78 Å². The van der Waals surface area contributed by atoms with Crippen molar-refractivity contribution in [3.63, 3.8) is 0 Å². The highest BCUT2D eigenvalue weighted by Gasteiger charge is 2.33. The van der Waals surface area contributed by atoms with E-state index in [-0.39, 0.29) is 6.10 Å². The van der Waals surface area contributed by atoms with Crippen LogP contribution in [0.1, 0.15) is 80.3 Å². The Hall–Kier alpha value is -3.37. The van der Waals surface area contributed by atoms with Crippen molar-refractivity contribution >= 4 is 22.6 Å². The Balaban J connectivity index is 1.49. The number of carbonyl (C=O) groups is 1. The molecule has 3 aromatic rings. The number of fused-ring (bicyclic) bond motifs is 1. The number of aromatic nitrogens is 1. The minimum Gasteiger partial charge on any atom is -0.489 e. The fraction of sp³-hybridized carbons (Fsp3) is 0.556. The third kappa shape index (κ3) is 6.98. The van der Waals surface area contributed by atoms with E-state index < -0.39 is 17.7 Å². The van der Waals surface area contributed by atoms with E-state index in [0.717, 1.165) is 82.8 Å². The number of benzene rings is 2. The van der Waals surface area contributed by atoms with Crippen LogP contribution in [0.5, 0.6) is 5.75 Å². The van der Waals surface area contributed by atoms with Crippen LogP contribution in [0.3, 0.4) is 0 Å². The molecule has 0 aliphatic carbocycles. The molecule has 1 aromatic heterocycles. The number of piperidine rings is 2. The molecule has 3 saturated heterocycles. The third-order valence-corrected chi connectivity index (χ3v) is 9.67. The lowest BCUT2D eigenvalue weighted by Gasteiger charge is -2.40. The van der Waals surface area contributed by atoms with E-state index in [2.05, 4.69) is 14.7 Å². The van der Waals surface area contributed by atoms with E-state index >= 15 is 0 Å². The molecule has 0 bridgehead atoms. The van der Waals surface area contributed by atoms with Crippen molar-refractivity contribution in [3.05, 3.63) is 53.1 Å². The van der Waals surface area contributed by atoms with Crippen molar-refractivity contribution in [2.75, 3.05) is 51.3 Å². The van der Waals surface area contributed by atoms with Crippen LogP contribution in [0.4, 0.5) is 18.9 Å². The zero-order valence-corrected chi connectivity index (χ0v) is 27.2. The number of hydrogen-bond donors (Lipinski definition) is 0. The molecule has 3 fully saturated rings. The molecule has 0 radical (unpaired) electrons. The maximum Gasteiger partial charge on any atom is 0.416 e. The lowest BCUT2D eigenvalue weighted by atomic mass is 9.93. The molecule has 0 unspecified atom stereocenters. The van der Waals surface area contributed by atoms with Crippen molar-refractivity contribution in [2.45, 2.75) is 83.7 Å². The van der Waals surface area contributed by atoms with Gasteiger partial charge in [-0.05, 0) is 96.8 Å². The van der Waals surface area contributed by atoms with E-state index in [9.17, 15) is 18.0 Å². The topological polar surface area (TPSA) is 58.1 Å². The molecule has 0 N–H and O–H groups in total. The molecule has 0 amide bonds. The van der Waals surface area contributed by atoms with Gasteiger partial charge in [0.15, 0.2) is 0 Å². The Kier molecular flexibility index (Phi) is 9.75. The SMILES string of the molecule is COC(=O)c1c(CN2CCC(N3CCCCC3)CC2)c(-c2cccc(C(F)(F)F)c2)nc2cc(OC(C)C)c(N3CCCC3)cc12. The van der Waals surface area contributed by atoms with Crippen molar-refractivity contribution < 1.29 is 27.4 Å². The Morgan fingerprint density at radius 1 is 0.957 bits per heavy atom. The summed E-state index contributed by atoms with van der Waals surface area (Å²) >= 11 is 0. The number of alkyl halides is 3. The molecule has 46 heavy (non-hydrogen) atoms. The first-order valence-corrected chi connectivity index (χ1v) is 16.8. The number of esters is 1. The highest BCUT2D eigenvalue weighted by Crippen LogP contribution is 2.41. The molecule has 248 valence electrons. The largest absolute Gasteiger partial charge is 0.489 e. The summed E-state index contributed by atoms with van der Waals surface area (Å²) in [6, 6.07) is 9.58. The number of anilines is 1. The fourth-order valence-electron chi connectivity index (χ4n) is 7.39. The minimum absolute atomic E-state index is 0.103. The van der Waals surface area contributed by atoms with Gasteiger partial charge in [0.05, 0.1) is 41.2 Å². The van der Waals surface area contributed by atoms with Crippen LogP contribution in [0.2, 0.25) is 0 Å². The van der Waals surface area contributed by atoms with Gasteiger partial charge < -0.3 is 19.3 Å². The van der Waals surface area contributed by atoms with Crippen LogP contribution >= 0.6 is 0 Å². The fourth-order valence-corrected chi connectivity index (χ4v) is 7.39. The van der Waals surface area contributed by atoms with E-state index in [1.54, 1.807) is 6.07 Å². The van der Waals surface area contributed by atoms with Crippen LogP contribution in [0.15, 0.2) is 36.4 Å². The third-order valence-electron chi connectivity index (χ3n) is 9.67.